The highest BCUT2D eigenvalue weighted by molar-refractivity contribution is 8.01. The first-order valence-electron chi connectivity index (χ1n) is 11.6. The van der Waals surface area contributed by atoms with Crippen molar-refractivity contribution in [3.05, 3.63) is 65.7 Å². The molecule has 0 aliphatic rings. The van der Waals surface area contributed by atoms with Crippen molar-refractivity contribution >= 4 is 29.6 Å². The van der Waals surface area contributed by atoms with Crippen LogP contribution in [0.3, 0.4) is 0 Å². The van der Waals surface area contributed by atoms with Gasteiger partial charge in [0.15, 0.2) is 0 Å². The van der Waals surface area contributed by atoms with E-state index in [1.54, 1.807) is 26.0 Å². The third-order valence-corrected chi connectivity index (χ3v) is 6.82. The highest BCUT2D eigenvalue weighted by Crippen LogP contribution is 2.32. The molecule has 1 unspecified atom stereocenters. The van der Waals surface area contributed by atoms with Crippen LogP contribution in [0.4, 0.5) is 0 Å². The molecule has 0 heterocycles. The normalized spacial score (nSPS) is 12.2. The van der Waals surface area contributed by atoms with Crippen molar-refractivity contribution in [3.63, 3.8) is 0 Å². The van der Waals surface area contributed by atoms with Crippen LogP contribution in [0.2, 0.25) is 0 Å². The molecule has 0 fully saturated rings. The molecule has 180 valence electrons. The van der Waals surface area contributed by atoms with Gasteiger partial charge >= 0.3 is 0 Å². The van der Waals surface area contributed by atoms with Crippen molar-refractivity contribution in [2.45, 2.75) is 54.9 Å². The molecule has 0 aliphatic heterocycles. The SMILES string of the molecule is COCCCCC#C/C(=C\c1ccc(OC)cc1)C(C#CCSc1ccccc1)SC(C)(C)C. The number of benzene rings is 2. The highest BCUT2D eigenvalue weighted by atomic mass is 32.2. The van der Waals surface area contributed by atoms with Gasteiger partial charge in [-0.2, -0.15) is 0 Å². The highest BCUT2D eigenvalue weighted by Gasteiger charge is 2.20. The van der Waals surface area contributed by atoms with Gasteiger partial charge in [0.2, 0.25) is 0 Å². The molecule has 0 saturated carbocycles. The maximum Gasteiger partial charge on any atom is 0.118 e. The van der Waals surface area contributed by atoms with Crippen LogP contribution in [0.5, 0.6) is 5.75 Å². The van der Waals surface area contributed by atoms with Gasteiger partial charge in [-0.1, -0.05) is 74.8 Å². The number of rotatable bonds is 10. The molecule has 0 bridgehead atoms. The maximum atomic E-state index is 5.31. The molecule has 1 atom stereocenters. The molecule has 0 saturated heterocycles. The molecule has 34 heavy (non-hydrogen) atoms. The first kappa shape index (κ1) is 28.0. The number of thioether (sulfide) groups is 2. The van der Waals surface area contributed by atoms with E-state index >= 15 is 0 Å². The second-order valence-electron chi connectivity index (χ2n) is 8.66. The van der Waals surface area contributed by atoms with Gasteiger partial charge in [-0.25, -0.2) is 0 Å². The van der Waals surface area contributed by atoms with Crippen LogP contribution in [0, 0.1) is 23.7 Å². The van der Waals surface area contributed by atoms with Gasteiger partial charge < -0.3 is 9.47 Å². The van der Waals surface area contributed by atoms with E-state index in [4.69, 9.17) is 9.47 Å². The van der Waals surface area contributed by atoms with E-state index in [0.717, 1.165) is 48.5 Å². The predicted octanol–water partition coefficient (Wildman–Crippen LogP) is 7.59. The van der Waals surface area contributed by atoms with Crippen LogP contribution < -0.4 is 4.74 Å². The van der Waals surface area contributed by atoms with Gasteiger partial charge in [0, 0.05) is 35.4 Å². The van der Waals surface area contributed by atoms with Crippen molar-refractivity contribution in [2.75, 3.05) is 26.6 Å². The largest absolute Gasteiger partial charge is 0.497 e. The lowest BCUT2D eigenvalue weighted by molar-refractivity contribution is 0.193. The lowest BCUT2D eigenvalue weighted by atomic mass is 10.1. The monoisotopic (exact) mass is 492 g/mol. The van der Waals surface area contributed by atoms with Gasteiger partial charge in [-0.3, -0.25) is 0 Å². The van der Waals surface area contributed by atoms with Crippen LogP contribution in [-0.2, 0) is 4.74 Å². The molecule has 4 heteroatoms. The molecule has 2 aromatic carbocycles. The Balaban J connectivity index is 2.27. The standard InChI is InChI=1S/C30H36O2S2/c1-30(2,3)34-29(17-13-23-33-28-15-10-8-11-16-28)26(14-9-6-7-12-22-31-4)24-25-18-20-27(32-5)21-19-25/h8,10-11,15-16,18-21,24,29H,6-7,12,22-23H2,1-5H3/b26-24+. The Labute approximate surface area is 215 Å². The molecular formula is C30H36O2S2. The summed E-state index contributed by atoms with van der Waals surface area (Å²) >= 11 is 3.62. The first-order valence-corrected chi connectivity index (χ1v) is 13.5. The Morgan fingerprint density at radius 3 is 2.35 bits per heavy atom. The van der Waals surface area contributed by atoms with E-state index in [1.807, 2.05) is 30.0 Å². The second kappa shape index (κ2) is 15.6. The van der Waals surface area contributed by atoms with Crippen LogP contribution in [-0.4, -0.2) is 36.6 Å². The molecular weight excluding hydrogens is 456 g/mol. The smallest absolute Gasteiger partial charge is 0.118 e. The Morgan fingerprint density at radius 2 is 1.71 bits per heavy atom. The van der Waals surface area contributed by atoms with Gasteiger partial charge in [0.05, 0.1) is 18.1 Å². The Kier molecular flexibility index (Phi) is 12.9. The number of ether oxygens (including phenoxy) is 2. The minimum Gasteiger partial charge on any atom is -0.497 e. The zero-order chi connectivity index (χ0) is 24.7. The average molecular weight is 493 g/mol. The van der Waals surface area contributed by atoms with Crippen LogP contribution in [0.1, 0.15) is 45.6 Å². The zero-order valence-corrected chi connectivity index (χ0v) is 22.7. The molecule has 2 nitrogen and oxygen atoms in total. The minimum absolute atomic E-state index is 0.00458. The number of unbranched alkanes of at least 4 members (excludes halogenated alkanes) is 2. The van der Waals surface area contributed by atoms with Gasteiger partial charge in [0.25, 0.3) is 0 Å². The first-order chi connectivity index (χ1) is 16.4. The fraction of sp³-hybridized carbons (Fsp3) is 0.400. The van der Waals surface area contributed by atoms with Gasteiger partial charge in [-0.15, -0.1) is 23.5 Å². The summed E-state index contributed by atoms with van der Waals surface area (Å²) in [6.45, 7) is 7.47. The van der Waals surface area contributed by atoms with Crippen molar-refractivity contribution < 1.29 is 9.47 Å². The summed E-state index contributed by atoms with van der Waals surface area (Å²) in [6.07, 6.45) is 5.09. The lowest BCUT2D eigenvalue weighted by Gasteiger charge is -2.22. The number of hydrogen-bond acceptors (Lipinski definition) is 4. The van der Waals surface area contributed by atoms with Gasteiger partial charge in [-0.05, 0) is 48.7 Å². The van der Waals surface area contributed by atoms with Crippen molar-refractivity contribution in [1.82, 2.24) is 0 Å². The zero-order valence-electron chi connectivity index (χ0n) is 21.0. The summed E-state index contributed by atoms with van der Waals surface area (Å²) in [4.78, 5) is 1.24. The van der Waals surface area contributed by atoms with Crippen LogP contribution >= 0.6 is 23.5 Å². The predicted molar refractivity (Wildman–Crippen MR) is 151 cm³/mol. The Morgan fingerprint density at radius 1 is 0.971 bits per heavy atom. The molecule has 2 aromatic rings. The van der Waals surface area contributed by atoms with Crippen LogP contribution in [0.25, 0.3) is 6.08 Å². The van der Waals surface area contributed by atoms with Gasteiger partial charge in [0.1, 0.15) is 5.75 Å². The average Bonchev–Trinajstić information content (AvgIpc) is 2.83. The summed E-state index contributed by atoms with van der Waals surface area (Å²) < 4.78 is 10.5. The van der Waals surface area contributed by atoms with E-state index < -0.39 is 0 Å². The third kappa shape index (κ3) is 11.8. The second-order valence-corrected chi connectivity index (χ2v) is 11.6. The van der Waals surface area contributed by atoms with Crippen molar-refractivity contribution in [3.8, 4) is 29.4 Å². The molecule has 0 radical (unpaired) electrons. The summed E-state index contributed by atoms with van der Waals surface area (Å²) in [7, 11) is 3.43. The molecule has 0 spiro atoms. The Hall–Kier alpha value is -2.24. The molecule has 0 aliphatic carbocycles. The van der Waals surface area contributed by atoms with Crippen molar-refractivity contribution in [2.24, 2.45) is 0 Å². The molecule has 0 aromatic heterocycles. The fourth-order valence-corrected chi connectivity index (χ4v) is 4.75. The van der Waals surface area contributed by atoms with E-state index in [-0.39, 0.29) is 10.00 Å². The number of methoxy groups -OCH3 is 2. The van der Waals surface area contributed by atoms with Crippen molar-refractivity contribution in [1.29, 1.82) is 0 Å². The van der Waals surface area contributed by atoms with Crippen LogP contribution in [0.15, 0.2) is 65.1 Å². The fourth-order valence-electron chi connectivity index (χ4n) is 2.98. The summed E-state index contributed by atoms with van der Waals surface area (Å²) in [5.41, 5.74) is 2.15. The minimum atomic E-state index is 0.00458. The third-order valence-electron chi connectivity index (χ3n) is 4.61. The lowest BCUT2D eigenvalue weighted by Crippen LogP contribution is -2.16. The van der Waals surface area contributed by atoms with E-state index in [0.29, 0.717) is 0 Å². The summed E-state index contributed by atoms with van der Waals surface area (Å²) in [5.74, 6) is 15.4. The number of hydrogen-bond donors (Lipinski definition) is 0. The molecule has 2 rings (SSSR count). The van der Waals surface area contributed by atoms with E-state index in [2.05, 4.69) is 86.9 Å². The van der Waals surface area contributed by atoms with E-state index in [1.165, 1.54) is 4.90 Å². The molecule has 0 amide bonds. The molecule has 0 N–H and O–H groups in total. The maximum absolute atomic E-state index is 5.31. The van der Waals surface area contributed by atoms with E-state index in [9.17, 15) is 0 Å². The quantitative estimate of drug-likeness (QED) is 0.193. The Bertz CT molecular complexity index is 997. The summed E-state index contributed by atoms with van der Waals surface area (Å²) in [5, 5.41) is 0.00458. The topological polar surface area (TPSA) is 18.5 Å². The summed E-state index contributed by atoms with van der Waals surface area (Å²) in [6, 6.07) is 18.5.